The van der Waals surface area contributed by atoms with Crippen LogP contribution in [0.25, 0.3) is 0 Å². The number of aromatic nitrogens is 2. The third-order valence-electron chi connectivity index (χ3n) is 5.28. The van der Waals surface area contributed by atoms with Crippen molar-refractivity contribution < 1.29 is 9.31 Å². The Morgan fingerprint density at radius 3 is 2.62 bits per heavy atom. The molecule has 1 heterocycles. The smallest absolute Gasteiger partial charge is 0.329 e. The molecular formula is C19H24ClFN6O2. The summed E-state index contributed by atoms with van der Waals surface area (Å²) in [6, 6.07) is 4.10. The minimum Gasteiger partial charge on any atom is -0.364 e. The molecule has 2 aromatic rings. The molecule has 3 rings (SSSR count). The molecule has 10 heteroatoms. The van der Waals surface area contributed by atoms with Crippen LogP contribution >= 0.6 is 11.6 Å². The largest absolute Gasteiger partial charge is 0.364 e. The quantitative estimate of drug-likeness (QED) is 0.435. The monoisotopic (exact) mass is 422 g/mol. The lowest BCUT2D eigenvalue weighted by molar-refractivity contribution is -0.384. The van der Waals surface area contributed by atoms with Crippen molar-refractivity contribution in [1.82, 2.24) is 9.97 Å². The maximum Gasteiger partial charge on any atom is 0.329 e. The molecule has 4 N–H and O–H groups in total. The van der Waals surface area contributed by atoms with Crippen molar-refractivity contribution in [1.29, 1.82) is 0 Å². The van der Waals surface area contributed by atoms with E-state index in [2.05, 4.69) is 20.6 Å². The third kappa shape index (κ3) is 5.74. The Morgan fingerprint density at radius 1 is 1.24 bits per heavy atom. The molecule has 0 amide bonds. The number of nitro groups is 1. The lowest BCUT2D eigenvalue weighted by Gasteiger charge is -2.27. The van der Waals surface area contributed by atoms with Gasteiger partial charge in [-0.25, -0.2) is 9.37 Å². The van der Waals surface area contributed by atoms with Crippen molar-refractivity contribution >= 4 is 29.1 Å². The van der Waals surface area contributed by atoms with Gasteiger partial charge in [0.2, 0.25) is 11.8 Å². The Kier molecular flexibility index (Phi) is 7.16. The second-order valence-corrected chi connectivity index (χ2v) is 7.68. The molecule has 1 saturated carbocycles. The normalized spacial score (nSPS) is 19.0. The zero-order valence-electron chi connectivity index (χ0n) is 15.9. The van der Waals surface area contributed by atoms with Gasteiger partial charge in [-0.1, -0.05) is 17.7 Å². The summed E-state index contributed by atoms with van der Waals surface area (Å²) in [5.41, 5.74) is 6.22. The van der Waals surface area contributed by atoms with Crippen molar-refractivity contribution in [3.63, 3.8) is 0 Å². The van der Waals surface area contributed by atoms with E-state index in [9.17, 15) is 14.5 Å². The Labute approximate surface area is 173 Å². The van der Waals surface area contributed by atoms with Crippen LogP contribution in [-0.4, -0.2) is 28.0 Å². The summed E-state index contributed by atoms with van der Waals surface area (Å²) in [5, 5.41) is 17.7. The van der Waals surface area contributed by atoms with Crippen LogP contribution in [0.15, 0.2) is 24.4 Å². The minimum atomic E-state index is -0.506. The van der Waals surface area contributed by atoms with Crippen molar-refractivity contribution in [2.45, 2.75) is 32.2 Å². The second-order valence-electron chi connectivity index (χ2n) is 7.28. The van der Waals surface area contributed by atoms with Crippen molar-refractivity contribution in [3.8, 4) is 0 Å². The summed E-state index contributed by atoms with van der Waals surface area (Å²) in [7, 11) is 0. The second kappa shape index (κ2) is 9.80. The number of hydrogen-bond donors (Lipinski definition) is 3. The zero-order chi connectivity index (χ0) is 20.8. The van der Waals surface area contributed by atoms with Gasteiger partial charge in [0.15, 0.2) is 0 Å². The molecule has 0 radical (unpaired) electrons. The molecule has 1 aliphatic rings. The van der Waals surface area contributed by atoms with Crippen molar-refractivity contribution in [2.75, 3.05) is 23.7 Å². The number of nitrogens with one attached hydrogen (secondary N) is 2. The molecule has 0 bridgehead atoms. The van der Waals surface area contributed by atoms with Gasteiger partial charge in [-0.2, -0.15) is 4.98 Å². The summed E-state index contributed by atoms with van der Waals surface area (Å²) in [6.07, 6.45) is 5.43. The number of rotatable bonds is 8. The predicted molar refractivity (Wildman–Crippen MR) is 110 cm³/mol. The number of anilines is 2. The Balaban J connectivity index is 1.65. The van der Waals surface area contributed by atoms with Gasteiger partial charge in [-0.05, 0) is 61.8 Å². The lowest BCUT2D eigenvalue weighted by atomic mass is 9.82. The molecule has 1 aliphatic carbocycles. The first-order valence-electron chi connectivity index (χ1n) is 9.59. The topological polar surface area (TPSA) is 119 Å². The summed E-state index contributed by atoms with van der Waals surface area (Å²) < 4.78 is 13.2. The van der Waals surface area contributed by atoms with Crippen LogP contribution in [0.1, 0.15) is 31.2 Å². The molecule has 1 aromatic carbocycles. The van der Waals surface area contributed by atoms with Crippen LogP contribution < -0.4 is 16.4 Å². The first kappa shape index (κ1) is 21.2. The van der Waals surface area contributed by atoms with Crippen molar-refractivity contribution in [3.05, 3.63) is 50.9 Å². The van der Waals surface area contributed by atoms with Gasteiger partial charge in [0.1, 0.15) is 12.0 Å². The van der Waals surface area contributed by atoms with Gasteiger partial charge < -0.3 is 16.4 Å². The first-order chi connectivity index (χ1) is 14.0. The molecule has 1 aromatic heterocycles. The highest BCUT2D eigenvalue weighted by molar-refractivity contribution is 6.31. The lowest BCUT2D eigenvalue weighted by Crippen LogP contribution is -2.25. The van der Waals surface area contributed by atoms with E-state index in [-0.39, 0.29) is 29.0 Å². The number of nitrogens with two attached hydrogens (primary N) is 1. The van der Waals surface area contributed by atoms with E-state index in [1.807, 2.05) is 0 Å². The molecule has 156 valence electrons. The maximum absolute atomic E-state index is 13.2. The average molecular weight is 423 g/mol. The SMILES string of the molecule is NCC1CCC(CNc2nc(NCc3ccc(F)cc3Cl)ncc2[N+](=O)[O-])CC1. The number of hydrogen-bond acceptors (Lipinski definition) is 7. The molecule has 0 atom stereocenters. The minimum absolute atomic E-state index is 0.175. The summed E-state index contributed by atoms with van der Waals surface area (Å²) in [6.45, 7) is 1.59. The summed E-state index contributed by atoms with van der Waals surface area (Å²) >= 11 is 6.02. The van der Waals surface area contributed by atoms with E-state index >= 15 is 0 Å². The molecule has 0 saturated heterocycles. The standard InChI is InChI=1S/C19H24ClFN6O2/c20-16-7-15(21)6-5-14(16)10-24-19-25-11-17(27(28)29)18(26-19)23-9-13-3-1-12(8-22)2-4-13/h5-7,11-13H,1-4,8-10,22H2,(H2,23,24,25,26). The van der Waals surface area contributed by atoms with Crippen LogP contribution in [0.2, 0.25) is 5.02 Å². The van der Waals surface area contributed by atoms with E-state index < -0.39 is 10.7 Å². The zero-order valence-corrected chi connectivity index (χ0v) is 16.7. The molecule has 29 heavy (non-hydrogen) atoms. The Bertz CT molecular complexity index is 861. The molecular weight excluding hydrogens is 399 g/mol. The van der Waals surface area contributed by atoms with E-state index in [1.165, 1.54) is 18.3 Å². The van der Waals surface area contributed by atoms with Crippen LogP contribution in [0.5, 0.6) is 0 Å². The number of halogens is 2. The fourth-order valence-electron chi connectivity index (χ4n) is 3.48. The van der Waals surface area contributed by atoms with Crippen molar-refractivity contribution in [2.24, 2.45) is 17.6 Å². The first-order valence-corrected chi connectivity index (χ1v) is 9.97. The van der Waals surface area contributed by atoms with Gasteiger partial charge >= 0.3 is 5.69 Å². The molecule has 0 aliphatic heterocycles. The molecule has 0 unspecified atom stereocenters. The van der Waals surface area contributed by atoms with Gasteiger partial charge in [-0.3, -0.25) is 10.1 Å². The van der Waals surface area contributed by atoms with Gasteiger partial charge in [0.05, 0.1) is 4.92 Å². The molecule has 0 spiro atoms. The highest BCUT2D eigenvalue weighted by Gasteiger charge is 2.22. The fraction of sp³-hybridized carbons (Fsp3) is 0.474. The van der Waals surface area contributed by atoms with E-state index in [4.69, 9.17) is 17.3 Å². The fourth-order valence-corrected chi connectivity index (χ4v) is 3.71. The van der Waals surface area contributed by atoms with Crippen LogP contribution in [0.4, 0.5) is 21.8 Å². The maximum atomic E-state index is 13.2. The van der Waals surface area contributed by atoms with E-state index in [1.54, 1.807) is 6.07 Å². The Hall–Kier alpha value is -2.52. The highest BCUT2D eigenvalue weighted by atomic mass is 35.5. The Morgan fingerprint density at radius 2 is 1.97 bits per heavy atom. The van der Waals surface area contributed by atoms with Crippen LogP contribution in [-0.2, 0) is 6.54 Å². The van der Waals surface area contributed by atoms with Crippen LogP contribution in [0, 0.1) is 27.8 Å². The highest BCUT2D eigenvalue weighted by Crippen LogP contribution is 2.29. The van der Waals surface area contributed by atoms with E-state index in [0.29, 0.717) is 30.5 Å². The number of nitrogens with zero attached hydrogens (tertiary/aromatic N) is 3. The van der Waals surface area contributed by atoms with Gasteiger partial charge in [-0.15, -0.1) is 0 Å². The summed E-state index contributed by atoms with van der Waals surface area (Å²) in [5.74, 6) is 0.997. The molecule has 8 nitrogen and oxygen atoms in total. The summed E-state index contributed by atoms with van der Waals surface area (Å²) in [4.78, 5) is 19.1. The third-order valence-corrected chi connectivity index (χ3v) is 5.63. The number of benzene rings is 1. The predicted octanol–water partition coefficient (Wildman–Crippen LogP) is 3.97. The van der Waals surface area contributed by atoms with Gasteiger partial charge in [0.25, 0.3) is 0 Å². The van der Waals surface area contributed by atoms with Gasteiger partial charge in [0, 0.05) is 18.1 Å². The van der Waals surface area contributed by atoms with E-state index in [0.717, 1.165) is 25.7 Å². The molecule has 1 fully saturated rings. The average Bonchev–Trinajstić information content (AvgIpc) is 2.72. The van der Waals surface area contributed by atoms with Crippen LogP contribution in [0.3, 0.4) is 0 Å².